The first-order valence-corrected chi connectivity index (χ1v) is 7.82. The number of ether oxygens (including phenoxy) is 1. The molecule has 1 heterocycles. The third-order valence-electron chi connectivity index (χ3n) is 3.95. The number of hydrogen-bond acceptors (Lipinski definition) is 2. The van der Waals surface area contributed by atoms with Gasteiger partial charge in [-0.1, -0.05) is 40.2 Å². The Morgan fingerprint density at radius 1 is 1.33 bits per heavy atom. The van der Waals surface area contributed by atoms with Gasteiger partial charge >= 0.3 is 0 Å². The molecule has 0 saturated carbocycles. The molecule has 110 valence electrons. The van der Waals surface area contributed by atoms with E-state index in [0.29, 0.717) is 0 Å². The number of benzene rings is 2. The van der Waals surface area contributed by atoms with Gasteiger partial charge in [0.25, 0.3) is 0 Å². The molecule has 1 N–H and O–H groups in total. The van der Waals surface area contributed by atoms with E-state index in [4.69, 9.17) is 4.74 Å². The summed E-state index contributed by atoms with van der Waals surface area (Å²) in [4.78, 5) is 0. The van der Waals surface area contributed by atoms with Gasteiger partial charge in [-0.3, -0.25) is 0 Å². The van der Waals surface area contributed by atoms with Gasteiger partial charge in [-0.05, 0) is 42.8 Å². The Balaban J connectivity index is 1.75. The molecule has 0 aromatic heterocycles. The van der Waals surface area contributed by atoms with Crippen LogP contribution in [-0.2, 0) is 12.8 Å². The lowest BCUT2D eigenvalue weighted by molar-refractivity contribution is 0.182. The molecule has 2 unspecified atom stereocenters. The van der Waals surface area contributed by atoms with Crippen LogP contribution in [0.2, 0.25) is 0 Å². The predicted octanol–water partition coefficient (Wildman–Crippen LogP) is 3.72. The van der Waals surface area contributed by atoms with Crippen LogP contribution in [0, 0.1) is 5.82 Å². The monoisotopic (exact) mass is 349 g/mol. The molecule has 4 heteroatoms. The second kappa shape index (κ2) is 6.16. The molecule has 0 radical (unpaired) electrons. The standard InChI is InChI=1S/C17H17BrFNO/c1-20-15(8-11-6-7-13(19)10-14(11)18)17-9-12-4-2-3-5-16(12)21-17/h2-7,10,15,17,20H,8-9H2,1H3. The Kier molecular flexibility index (Phi) is 4.27. The summed E-state index contributed by atoms with van der Waals surface area (Å²) in [6.07, 6.45) is 1.79. The van der Waals surface area contributed by atoms with Crippen molar-refractivity contribution in [3.8, 4) is 5.75 Å². The van der Waals surface area contributed by atoms with E-state index >= 15 is 0 Å². The lowest BCUT2D eigenvalue weighted by Crippen LogP contribution is -2.42. The molecule has 0 aliphatic carbocycles. The van der Waals surface area contributed by atoms with Crippen molar-refractivity contribution in [1.82, 2.24) is 5.32 Å². The van der Waals surface area contributed by atoms with Gasteiger partial charge in [-0.25, -0.2) is 4.39 Å². The minimum Gasteiger partial charge on any atom is -0.488 e. The molecule has 1 aliphatic rings. The number of hydrogen-bond donors (Lipinski definition) is 1. The summed E-state index contributed by atoms with van der Waals surface area (Å²) >= 11 is 3.43. The molecule has 0 saturated heterocycles. The van der Waals surface area contributed by atoms with Crippen LogP contribution in [-0.4, -0.2) is 19.2 Å². The Labute approximate surface area is 132 Å². The average Bonchev–Trinajstić information content (AvgIpc) is 2.90. The largest absolute Gasteiger partial charge is 0.488 e. The fraction of sp³-hybridized carbons (Fsp3) is 0.294. The van der Waals surface area contributed by atoms with Crippen LogP contribution >= 0.6 is 15.9 Å². The lowest BCUT2D eigenvalue weighted by atomic mass is 9.98. The van der Waals surface area contributed by atoms with E-state index in [-0.39, 0.29) is 18.0 Å². The van der Waals surface area contributed by atoms with Crippen molar-refractivity contribution in [2.24, 2.45) is 0 Å². The second-order valence-corrected chi connectivity index (χ2v) is 6.16. The topological polar surface area (TPSA) is 21.3 Å². The summed E-state index contributed by atoms with van der Waals surface area (Å²) in [5.74, 6) is 0.747. The number of nitrogens with one attached hydrogen (secondary N) is 1. The van der Waals surface area contributed by atoms with Crippen LogP contribution in [0.4, 0.5) is 4.39 Å². The van der Waals surface area contributed by atoms with Crippen LogP contribution in [0.25, 0.3) is 0 Å². The molecule has 0 fully saturated rings. The zero-order valence-corrected chi connectivity index (χ0v) is 13.4. The van der Waals surface area contributed by atoms with Crippen LogP contribution in [0.1, 0.15) is 11.1 Å². The first-order valence-electron chi connectivity index (χ1n) is 7.03. The third kappa shape index (κ3) is 3.11. The van der Waals surface area contributed by atoms with Crippen molar-refractivity contribution in [3.63, 3.8) is 0 Å². The fourth-order valence-corrected chi connectivity index (χ4v) is 3.29. The van der Waals surface area contributed by atoms with Gasteiger partial charge in [0, 0.05) is 16.9 Å². The first-order chi connectivity index (χ1) is 10.2. The molecule has 21 heavy (non-hydrogen) atoms. The minimum atomic E-state index is -0.226. The van der Waals surface area contributed by atoms with Crippen LogP contribution in [0.3, 0.4) is 0 Å². The highest BCUT2D eigenvalue weighted by atomic mass is 79.9. The van der Waals surface area contributed by atoms with Gasteiger partial charge in [0.2, 0.25) is 0 Å². The highest BCUT2D eigenvalue weighted by molar-refractivity contribution is 9.10. The number of halogens is 2. The number of likely N-dealkylation sites (N-methyl/N-ethyl adjacent to an activating group) is 1. The molecule has 2 aromatic carbocycles. The highest BCUT2D eigenvalue weighted by Gasteiger charge is 2.29. The summed E-state index contributed by atoms with van der Waals surface area (Å²) < 4.78 is 20.0. The normalized spacial score (nSPS) is 18.1. The summed E-state index contributed by atoms with van der Waals surface area (Å²) in [6, 6.07) is 13.2. The maximum absolute atomic E-state index is 13.2. The quantitative estimate of drug-likeness (QED) is 0.908. The highest BCUT2D eigenvalue weighted by Crippen LogP contribution is 2.31. The molecule has 0 amide bonds. The van der Waals surface area contributed by atoms with E-state index in [9.17, 15) is 4.39 Å². The van der Waals surface area contributed by atoms with Gasteiger partial charge in [0.05, 0.1) is 0 Å². The molecule has 1 aliphatic heterocycles. The Morgan fingerprint density at radius 2 is 2.14 bits per heavy atom. The summed E-state index contributed by atoms with van der Waals surface area (Å²) in [5, 5.41) is 3.33. The minimum absolute atomic E-state index is 0.101. The van der Waals surface area contributed by atoms with Gasteiger partial charge in [0.15, 0.2) is 0 Å². The number of para-hydroxylation sites is 1. The zero-order chi connectivity index (χ0) is 14.8. The smallest absolute Gasteiger partial charge is 0.124 e. The molecule has 2 nitrogen and oxygen atoms in total. The predicted molar refractivity (Wildman–Crippen MR) is 85.2 cm³/mol. The zero-order valence-electron chi connectivity index (χ0n) is 11.8. The van der Waals surface area contributed by atoms with E-state index in [1.165, 1.54) is 17.7 Å². The molecule has 3 rings (SSSR count). The van der Waals surface area contributed by atoms with E-state index in [1.807, 2.05) is 31.3 Å². The van der Waals surface area contributed by atoms with Gasteiger partial charge in [-0.15, -0.1) is 0 Å². The van der Waals surface area contributed by atoms with Crippen LogP contribution in [0.15, 0.2) is 46.9 Å². The maximum atomic E-state index is 13.2. The average molecular weight is 350 g/mol. The van der Waals surface area contributed by atoms with Crippen LogP contribution < -0.4 is 10.1 Å². The summed E-state index contributed by atoms with van der Waals surface area (Å²) in [5.41, 5.74) is 2.33. The Morgan fingerprint density at radius 3 is 2.86 bits per heavy atom. The summed E-state index contributed by atoms with van der Waals surface area (Å²) in [6.45, 7) is 0. The van der Waals surface area contributed by atoms with E-state index < -0.39 is 0 Å². The van der Waals surface area contributed by atoms with Gasteiger partial charge < -0.3 is 10.1 Å². The number of rotatable bonds is 4. The van der Waals surface area contributed by atoms with Gasteiger partial charge in [-0.2, -0.15) is 0 Å². The molecule has 0 bridgehead atoms. The van der Waals surface area contributed by atoms with Crippen molar-refractivity contribution in [2.45, 2.75) is 25.0 Å². The summed E-state index contributed by atoms with van der Waals surface area (Å²) in [7, 11) is 1.94. The van der Waals surface area contributed by atoms with E-state index in [2.05, 4.69) is 27.3 Å². The van der Waals surface area contributed by atoms with Crippen molar-refractivity contribution in [3.05, 3.63) is 63.9 Å². The Bertz CT molecular complexity index is 621. The second-order valence-electron chi connectivity index (χ2n) is 5.30. The van der Waals surface area contributed by atoms with Crippen molar-refractivity contribution < 1.29 is 9.13 Å². The van der Waals surface area contributed by atoms with Crippen LogP contribution in [0.5, 0.6) is 5.75 Å². The molecule has 2 atom stereocenters. The van der Waals surface area contributed by atoms with E-state index in [1.54, 1.807) is 0 Å². The molecule has 2 aromatic rings. The number of fused-ring (bicyclic) bond motifs is 1. The maximum Gasteiger partial charge on any atom is 0.124 e. The molecule has 0 spiro atoms. The fourth-order valence-electron chi connectivity index (χ4n) is 2.78. The molecular formula is C17H17BrFNO. The molecular weight excluding hydrogens is 333 g/mol. The first kappa shape index (κ1) is 14.5. The van der Waals surface area contributed by atoms with Crippen molar-refractivity contribution in [2.75, 3.05) is 7.05 Å². The third-order valence-corrected chi connectivity index (χ3v) is 4.68. The van der Waals surface area contributed by atoms with Crippen molar-refractivity contribution >= 4 is 15.9 Å². The van der Waals surface area contributed by atoms with Gasteiger partial charge in [0.1, 0.15) is 17.7 Å². The van der Waals surface area contributed by atoms with Crippen molar-refractivity contribution in [1.29, 1.82) is 0 Å². The van der Waals surface area contributed by atoms with E-state index in [0.717, 1.165) is 28.6 Å². The Hall–Kier alpha value is -1.39. The lowest BCUT2D eigenvalue weighted by Gasteiger charge is -2.23. The SMILES string of the molecule is CNC(Cc1ccc(F)cc1Br)C1Cc2ccccc2O1.